The zero-order valence-electron chi connectivity index (χ0n) is 11.4. The van der Waals surface area contributed by atoms with Crippen molar-refractivity contribution in [2.45, 2.75) is 13.5 Å². The number of carbonyl (C=O) groups is 2. The van der Waals surface area contributed by atoms with Crippen molar-refractivity contribution in [3.63, 3.8) is 0 Å². The SMILES string of the molecule is C=CC(=O)Nc1ccc(C(=O)NCc2nonc2C)cc1. The molecule has 0 radical (unpaired) electrons. The number of carbonyl (C=O) groups excluding carboxylic acids is 2. The number of nitrogens with zero attached hydrogens (tertiary/aromatic N) is 2. The van der Waals surface area contributed by atoms with Crippen LogP contribution < -0.4 is 10.6 Å². The minimum absolute atomic E-state index is 0.239. The number of aryl methyl sites for hydroxylation is 1. The Hall–Kier alpha value is -2.96. The van der Waals surface area contributed by atoms with E-state index >= 15 is 0 Å². The lowest BCUT2D eigenvalue weighted by molar-refractivity contribution is -0.111. The van der Waals surface area contributed by atoms with Crippen molar-refractivity contribution in [3.8, 4) is 0 Å². The van der Waals surface area contributed by atoms with Crippen molar-refractivity contribution >= 4 is 17.5 Å². The number of rotatable bonds is 5. The van der Waals surface area contributed by atoms with E-state index in [-0.39, 0.29) is 18.4 Å². The van der Waals surface area contributed by atoms with Crippen molar-refractivity contribution in [2.75, 3.05) is 5.32 Å². The molecule has 2 aromatic rings. The first-order chi connectivity index (χ1) is 10.1. The molecular weight excluding hydrogens is 272 g/mol. The van der Waals surface area contributed by atoms with Gasteiger partial charge in [-0.2, -0.15) is 0 Å². The van der Waals surface area contributed by atoms with Crippen LogP contribution in [0.1, 0.15) is 21.7 Å². The predicted octanol–water partition coefficient (Wildman–Crippen LogP) is 1.43. The van der Waals surface area contributed by atoms with Crippen LogP contribution in [0.15, 0.2) is 41.5 Å². The molecule has 7 nitrogen and oxygen atoms in total. The Morgan fingerprint density at radius 2 is 2.00 bits per heavy atom. The van der Waals surface area contributed by atoms with Gasteiger partial charge < -0.3 is 10.6 Å². The van der Waals surface area contributed by atoms with Gasteiger partial charge >= 0.3 is 0 Å². The van der Waals surface area contributed by atoms with Crippen LogP contribution in [-0.4, -0.2) is 22.1 Å². The molecule has 0 unspecified atom stereocenters. The zero-order chi connectivity index (χ0) is 15.2. The standard InChI is InChI=1S/C14H14N4O3/c1-3-13(19)16-11-6-4-10(5-7-11)14(20)15-8-12-9(2)17-21-18-12/h3-7H,1,8H2,2H3,(H,15,20)(H,16,19). The van der Waals surface area contributed by atoms with E-state index in [1.807, 2.05) is 0 Å². The first-order valence-electron chi connectivity index (χ1n) is 6.20. The van der Waals surface area contributed by atoms with Gasteiger partial charge in [-0.15, -0.1) is 0 Å². The first kappa shape index (κ1) is 14.4. The van der Waals surface area contributed by atoms with E-state index in [4.69, 9.17) is 0 Å². The topological polar surface area (TPSA) is 97.1 Å². The van der Waals surface area contributed by atoms with E-state index in [0.717, 1.165) is 0 Å². The molecule has 0 saturated carbocycles. The summed E-state index contributed by atoms with van der Waals surface area (Å²) in [5, 5.41) is 12.6. The van der Waals surface area contributed by atoms with E-state index in [1.54, 1.807) is 31.2 Å². The molecular formula is C14H14N4O3. The van der Waals surface area contributed by atoms with E-state index < -0.39 is 0 Å². The summed E-state index contributed by atoms with van der Waals surface area (Å²) in [5.41, 5.74) is 2.28. The Morgan fingerprint density at radius 3 is 2.57 bits per heavy atom. The number of amides is 2. The van der Waals surface area contributed by atoms with Crippen LogP contribution in [0.25, 0.3) is 0 Å². The van der Waals surface area contributed by atoms with Gasteiger partial charge in [0.05, 0.1) is 6.54 Å². The van der Waals surface area contributed by atoms with Gasteiger partial charge in [0.2, 0.25) is 5.91 Å². The molecule has 1 aromatic carbocycles. The van der Waals surface area contributed by atoms with E-state index in [9.17, 15) is 9.59 Å². The molecule has 0 bridgehead atoms. The minimum atomic E-state index is -0.304. The Labute approximate surface area is 121 Å². The summed E-state index contributed by atoms with van der Waals surface area (Å²) in [5.74, 6) is -0.555. The van der Waals surface area contributed by atoms with E-state index in [1.165, 1.54) is 6.08 Å². The van der Waals surface area contributed by atoms with Crippen molar-refractivity contribution in [2.24, 2.45) is 0 Å². The molecule has 0 atom stereocenters. The molecule has 1 aromatic heterocycles. The lowest BCUT2D eigenvalue weighted by Gasteiger charge is -2.05. The summed E-state index contributed by atoms with van der Waals surface area (Å²) in [6, 6.07) is 6.50. The molecule has 0 aliphatic heterocycles. The fraction of sp³-hybridized carbons (Fsp3) is 0.143. The van der Waals surface area contributed by atoms with Gasteiger partial charge in [0, 0.05) is 11.3 Å². The summed E-state index contributed by atoms with van der Waals surface area (Å²) in [4.78, 5) is 23.1. The fourth-order valence-corrected chi connectivity index (χ4v) is 1.57. The third-order valence-corrected chi connectivity index (χ3v) is 2.76. The van der Waals surface area contributed by atoms with Gasteiger partial charge in [-0.25, -0.2) is 4.63 Å². The maximum Gasteiger partial charge on any atom is 0.251 e. The van der Waals surface area contributed by atoms with Gasteiger partial charge in [-0.05, 0) is 37.3 Å². The van der Waals surface area contributed by atoms with Crippen molar-refractivity contribution in [1.29, 1.82) is 0 Å². The van der Waals surface area contributed by atoms with Gasteiger partial charge in [-0.3, -0.25) is 9.59 Å². The van der Waals surface area contributed by atoms with Gasteiger partial charge in [0.1, 0.15) is 11.4 Å². The largest absolute Gasteiger partial charge is 0.346 e. The number of nitrogens with one attached hydrogen (secondary N) is 2. The summed E-state index contributed by atoms with van der Waals surface area (Å²) < 4.78 is 4.55. The summed E-state index contributed by atoms with van der Waals surface area (Å²) in [6.07, 6.45) is 1.18. The molecule has 0 aliphatic carbocycles. The van der Waals surface area contributed by atoms with Crippen LogP contribution in [0.5, 0.6) is 0 Å². The second-order valence-electron chi connectivity index (χ2n) is 4.25. The number of hydrogen-bond acceptors (Lipinski definition) is 5. The average molecular weight is 286 g/mol. The molecule has 1 heterocycles. The second kappa shape index (κ2) is 6.47. The van der Waals surface area contributed by atoms with Gasteiger partial charge in [-0.1, -0.05) is 16.9 Å². The lowest BCUT2D eigenvalue weighted by Crippen LogP contribution is -2.23. The highest BCUT2D eigenvalue weighted by Crippen LogP contribution is 2.10. The smallest absolute Gasteiger partial charge is 0.251 e. The van der Waals surface area contributed by atoms with Crippen molar-refractivity contribution < 1.29 is 14.2 Å². The van der Waals surface area contributed by atoms with Crippen LogP contribution in [-0.2, 0) is 11.3 Å². The normalized spacial score (nSPS) is 9.95. The van der Waals surface area contributed by atoms with Gasteiger partial charge in [0.15, 0.2) is 0 Å². The van der Waals surface area contributed by atoms with Crippen molar-refractivity contribution in [3.05, 3.63) is 53.9 Å². The highest BCUT2D eigenvalue weighted by Gasteiger charge is 2.09. The summed E-state index contributed by atoms with van der Waals surface area (Å²) >= 11 is 0. The Kier molecular flexibility index (Phi) is 4.45. The molecule has 108 valence electrons. The highest BCUT2D eigenvalue weighted by atomic mass is 16.6. The third-order valence-electron chi connectivity index (χ3n) is 2.76. The van der Waals surface area contributed by atoms with E-state index in [2.05, 4.69) is 32.2 Å². The minimum Gasteiger partial charge on any atom is -0.346 e. The second-order valence-corrected chi connectivity index (χ2v) is 4.25. The monoisotopic (exact) mass is 286 g/mol. The molecule has 0 saturated heterocycles. The molecule has 2 rings (SSSR count). The highest BCUT2D eigenvalue weighted by molar-refractivity contribution is 5.99. The average Bonchev–Trinajstić information content (AvgIpc) is 2.90. The maximum atomic E-state index is 11.9. The Morgan fingerprint density at radius 1 is 1.29 bits per heavy atom. The molecule has 2 amide bonds. The Balaban J connectivity index is 1.95. The fourth-order valence-electron chi connectivity index (χ4n) is 1.57. The molecule has 7 heteroatoms. The van der Waals surface area contributed by atoms with Crippen LogP contribution >= 0.6 is 0 Å². The molecule has 21 heavy (non-hydrogen) atoms. The third kappa shape index (κ3) is 3.75. The quantitative estimate of drug-likeness (QED) is 0.810. The molecule has 2 N–H and O–H groups in total. The number of aromatic nitrogens is 2. The number of anilines is 1. The Bertz CT molecular complexity index is 661. The summed E-state index contributed by atoms with van der Waals surface area (Å²) in [7, 11) is 0. The maximum absolute atomic E-state index is 11.9. The molecule has 0 spiro atoms. The van der Waals surface area contributed by atoms with Crippen LogP contribution in [0, 0.1) is 6.92 Å². The van der Waals surface area contributed by atoms with E-state index in [0.29, 0.717) is 22.6 Å². The number of hydrogen-bond donors (Lipinski definition) is 2. The molecule has 0 fully saturated rings. The molecule has 0 aliphatic rings. The van der Waals surface area contributed by atoms with Crippen LogP contribution in [0.4, 0.5) is 5.69 Å². The number of benzene rings is 1. The summed E-state index contributed by atoms with van der Waals surface area (Å²) in [6.45, 7) is 5.35. The van der Waals surface area contributed by atoms with Crippen LogP contribution in [0.2, 0.25) is 0 Å². The first-order valence-corrected chi connectivity index (χ1v) is 6.20. The van der Waals surface area contributed by atoms with Crippen molar-refractivity contribution in [1.82, 2.24) is 15.6 Å². The van der Waals surface area contributed by atoms with Crippen LogP contribution in [0.3, 0.4) is 0 Å². The van der Waals surface area contributed by atoms with Gasteiger partial charge in [0.25, 0.3) is 5.91 Å². The zero-order valence-corrected chi connectivity index (χ0v) is 11.4. The predicted molar refractivity (Wildman–Crippen MR) is 75.5 cm³/mol. The lowest BCUT2D eigenvalue weighted by atomic mass is 10.2.